The molecule has 9 heteroatoms. The summed E-state index contributed by atoms with van der Waals surface area (Å²) in [4.78, 5) is 22.2. The second-order valence-corrected chi connectivity index (χ2v) is 8.34. The Morgan fingerprint density at radius 1 is 1.10 bits per heavy atom. The number of hydrogen-bond acceptors (Lipinski definition) is 6. The number of nitrogens with zero attached hydrogens (tertiary/aromatic N) is 3. The molecule has 31 heavy (non-hydrogen) atoms. The van der Waals surface area contributed by atoms with Gasteiger partial charge in [-0.15, -0.1) is 12.4 Å². The van der Waals surface area contributed by atoms with Gasteiger partial charge in [0.25, 0.3) is 5.91 Å². The van der Waals surface area contributed by atoms with Crippen LogP contribution in [0.3, 0.4) is 0 Å². The summed E-state index contributed by atoms with van der Waals surface area (Å²) in [6.45, 7) is 8.41. The minimum Gasteiger partial charge on any atom is -0.486 e. The Kier molecular flexibility index (Phi) is 8.00. The van der Waals surface area contributed by atoms with Gasteiger partial charge in [0.1, 0.15) is 13.2 Å². The normalized spacial score (nSPS) is 12.6. The third-order valence-electron chi connectivity index (χ3n) is 5.16. The van der Waals surface area contributed by atoms with Gasteiger partial charge in [-0.1, -0.05) is 48.9 Å². The number of fused-ring (bicyclic) bond motifs is 2. The highest BCUT2D eigenvalue weighted by molar-refractivity contribution is 7.22. The number of anilines is 1. The van der Waals surface area contributed by atoms with E-state index in [1.54, 1.807) is 17.0 Å². The molecule has 1 aliphatic heterocycles. The number of amides is 1. The number of benzene rings is 2. The fraction of sp³-hybridized carbons (Fsp3) is 0.364. The van der Waals surface area contributed by atoms with Gasteiger partial charge in [-0.3, -0.25) is 9.69 Å². The molecular weight excluding hydrogens is 457 g/mol. The topological polar surface area (TPSA) is 54.9 Å². The van der Waals surface area contributed by atoms with Crippen LogP contribution < -0.4 is 14.4 Å². The molecule has 1 aromatic heterocycles. The summed E-state index contributed by atoms with van der Waals surface area (Å²) in [5.74, 6) is 1.26. The van der Waals surface area contributed by atoms with E-state index in [1.807, 2.05) is 24.3 Å². The van der Waals surface area contributed by atoms with Crippen LogP contribution >= 0.6 is 35.3 Å². The summed E-state index contributed by atoms with van der Waals surface area (Å²) in [7, 11) is 0. The third kappa shape index (κ3) is 5.06. The average Bonchev–Trinajstić information content (AvgIpc) is 3.17. The van der Waals surface area contributed by atoms with E-state index in [1.165, 1.54) is 11.3 Å². The number of halogens is 2. The Hall–Kier alpha value is -2.06. The van der Waals surface area contributed by atoms with Crippen molar-refractivity contribution in [3.63, 3.8) is 0 Å². The van der Waals surface area contributed by atoms with Crippen LogP contribution in [0.1, 0.15) is 24.2 Å². The van der Waals surface area contributed by atoms with Gasteiger partial charge in [0, 0.05) is 25.2 Å². The molecule has 0 unspecified atom stereocenters. The van der Waals surface area contributed by atoms with Crippen molar-refractivity contribution < 1.29 is 14.3 Å². The Balaban J connectivity index is 0.00000272. The molecule has 0 atom stereocenters. The molecule has 0 fully saturated rings. The number of hydrogen-bond donors (Lipinski definition) is 0. The van der Waals surface area contributed by atoms with Crippen molar-refractivity contribution in [2.24, 2.45) is 0 Å². The number of thiazole rings is 1. The maximum atomic E-state index is 13.4. The van der Waals surface area contributed by atoms with Gasteiger partial charge in [0.05, 0.1) is 20.8 Å². The molecule has 0 aliphatic carbocycles. The van der Waals surface area contributed by atoms with E-state index in [0.29, 0.717) is 41.2 Å². The maximum absolute atomic E-state index is 13.4. The van der Waals surface area contributed by atoms with Crippen molar-refractivity contribution in [2.75, 3.05) is 44.3 Å². The van der Waals surface area contributed by atoms with E-state index in [9.17, 15) is 4.79 Å². The molecule has 0 radical (unpaired) electrons. The monoisotopic (exact) mass is 481 g/mol. The number of carbonyl (C=O) groups excluding carboxylic acids is 1. The highest BCUT2D eigenvalue weighted by Crippen LogP contribution is 2.39. The lowest BCUT2D eigenvalue weighted by Crippen LogP contribution is -2.39. The molecule has 0 saturated carbocycles. The second-order valence-electron chi connectivity index (χ2n) is 6.92. The zero-order chi connectivity index (χ0) is 21.1. The number of rotatable bonds is 7. The van der Waals surface area contributed by atoms with E-state index in [4.69, 9.17) is 26.1 Å². The smallest absolute Gasteiger partial charge is 0.261 e. The summed E-state index contributed by atoms with van der Waals surface area (Å²) >= 11 is 7.80. The van der Waals surface area contributed by atoms with Crippen LogP contribution in [0, 0.1) is 0 Å². The van der Waals surface area contributed by atoms with E-state index in [0.717, 1.165) is 35.6 Å². The minimum absolute atomic E-state index is 0. The Morgan fingerprint density at radius 3 is 2.45 bits per heavy atom. The van der Waals surface area contributed by atoms with Gasteiger partial charge in [0.2, 0.25) is 0 Å². The molecule has 6 nitrogen and oxygen atoms in total. The van der Waals surface area contributed by atoms with Gasteiger partial charge < -0.3 is 14.4 Å². The summed E-state index contributed by atoms with van der Waals surface area (Å²) < 4.78 is 12.3. The lowest BCUT2D eigenvalue weighted by atomic mass is 10.2. The van der Waals surface area contributed by atoms with Gasteiger partial charge >= 0.3 is 0 Å². The third-order valence-corrected chi connectivity index (χ3v) is 6.53. The molecule has 1 aliphatic rings. The summed E-state index contributed by atoms with van der Waals surface area (Å²) in [6, 6.07) is 10.9. The largest absolute Gasteiger partial charge is 0.486 e. The fourth-order valence-electron chi connectivity index (χ4n) is 3.41. The maximum Gasteiger partial charge on any atom is 0.261 e. The lowest BCUT2D eigenvalue weighted by Gasteiger charge is -2.25. The molecule has 0 saturated heterocycles. The van der Waals surface area contributed by atoms with Crippen LogP contribution in [0.4, 0.5) is 5.13 Å². The molecular formula is C22H25Cl2N3O3S. The number of aromatic nitrogens is 1. The first-order chi connectivity index (χ1) is 14.6. The Bertz CT molecular complexity index is 1010. The SMILES string of the molecule is CCN(CC)CCN(C(=O)c1ccccc1Cl)c1nc2cc3c(cc2s1)OCCO3.Cl. The lowest BCUT2D eigenvalue weighted by molar-refractivity contribution is 0.0984. The zero-order valence-corrected chi connectivity index (χ0v) is 19.9. The van der Waals surface area contributed by atoms with Crippen molar-refractivity contribution in [3.8, 4) is 11.5 Å². The van der Waals surface area contributed by atoms with Crippen LogP contribution in [0.15, 0.2) is 36.4 Å². The molecule has 2 aromatic carbocycles. The summed E-state index contributed by atoms with van der Waals surface area (Å²) in [5.41, 5.74) is 1.27. The average molecular weight is 482 g/mol. The second kappa shape index (κ2) is 10.5. The molecule has 0 bridgehead atoms. The highest BCUT2D eigenvalue weighted by Gasteiger charge is 2.24. The Labute approximate surface area is 197 Å². The molecule has 166 valence electrons. The molecule has 0 spiro atoms. The van der Waals surface area contributed by atoms with Gasteiger partial charge in [0.15, 0.2) is 16.6 Å². The number of likely N-dealkylation sites (N-methyl/N-ethyl adjacent to an activating group) is 1. The van der Waals surface area contributed by atoms with E-state index in [2.05, 4.69) is 18.7 Å². The molecule has 0 N–H and O–H groups in total. The number of ether oxygens (including phenoxy) is 2. The van der Waals surface area contributed by atoms with Crippen molar-refractivity contribution in [1.29, 1.82) is 0 Å². The first kappa shape index (κ1) is 23.6. The fourth-order valence-corrected chi connectivity index (χ4v) is 4.63. The van der Waals surface area contributed by atoms with Crippen molar-refractivity contribution in [2.45, 2.75) is 13.8 Å². The van der Waals surface area contributed by atoms with Crippen LogP contribution in [0.5, 0.6) is 11.5 Å². The van der Waals surface area contributed by atoms with Gasteiger partial charge in [-0.25, -0.2) is 4.98 Å². The van der Waals surface area contributed by atoms with Gasteiger partial charge in [-0.2, -0.15) is 0 Å². The first-order valence-corrected chi connectivity index (χ1v) is 11.3. The first-order valence-electron chi connectivity index (χ1n) is 10.1. The van der Waals surface area contributed by atoms with Crippen LogP contribution in [-0.4, -0.2) is 55.2 Å². The van der Waals surface area contributed by atoms with Crippen molar-refractivity contribution >= 4 is 56.6 Å². The number of carbonyl (C=O) groups is 1. The van der Waals surface area contributed by atoms with E-state index >= 15 is 0 Å². The van der Waals surface area contributed by atoms with Gasteiger partial charge in [-0.05, 0) is 25.2 Å². The van der Waals surface area contributed by atoms with Crippen molar-refractivity contribution in [1.82, 2.24) is 9.88 Å². The van der Waals surface area contributed by atoms with Crippen LogP contribution in [0.2, 0.25) is 5.02 Å². The quantitative estimate of drug-likeness (QED) is 0.467. The Morgan fingerprint density at radius 2 is 1.77 bits per heavy atom. The molecule has 3 aromatic rings. The summed E-state index contributed by atoms with van der Waals surface area (Å²) in [6.07, 6.45) is 0. The highest BCUT2D eigenvalue weighted by atomic mass is 35.5. The molecule has 4 rings (SSSR count). The van der Waals surface area contributed by atoms with Crippen LogP contribution in [0.25, 0.3) is 10.2 Å². The predicted octanol–water partition coefficient (Wildman–Crippen LogP) is 5.13. The summed E-state index contributed by atoms with van der Waals surface area (Å²) in [5, 5.41) is 1.08. The van der Waals surface area contributed by atoms with E-state index in [-0.39, 0.29) is 18.3 Å². The van der Waals surface area contributed by atoms with Crippen molar-refractivity contribution in [3.05, 3.63) is 47.0 Å². The minimum atomic E-state index is -0.149. The predicted molar refractivity (Wildman–Crippen MR) is 129 cm³/mol. The zero-order valence-electron chi connectivity index (χ0n) is 17.5. The molecule has 2 heterocycles. The van der Waals surface area contributed by atoms with Crippen LogP contribution in [-0.2, 0) is 0 Å². The molecule has 1 amide bonds. The standard InChI is InChI=1S/C22H24ClN3O3S.ClH/c1-3-25(4-2)9-10-26(21(27)15-7-5-6-8-16(15)23)22-24-17-13-18-19(14-20(17)30-22)29-12-11-28-18;/h5-8,13-14H,3-4,9-12H2,1-2H3;1H. The van der Waals surface area contributed by atoms with E-state index < -0.39 is 0 Å².